The molecule has 1 heterocycles. The molecule has 20 heavy (non-hydrogen) atoms. The topological polar surface area (TPSA) is 66.3 Å². The number of anilines is 1. The summed E-state index contributed by atoms with van der Waals surface area (Å²) in [6.45, 7) is 4.98. The fourth-order valence-corrected chi connectivity index (χ4v) is 2.76. The van der Waals surface area contributed by atoms with E-state index in [1.165, 1.54) is 24.1 Å². The fourth-order valence-electron chi connectivity index (χ4n) is 2.76. The number of carbonyl (C=O) groups is 1. The average Bonchev–Trinajstić information content (AvgIpc) is 2.42. The molecule has 1 N–H and O–H groups in total. The molecule has 0 unspecified atom stereocenters. The quantitative estimate of drug-likeness (QED) is 0.865. The summed E-state index contributed by atoms with van der Waals surface area (Å²) in [6.07, 6.45) is 6.95. The summed E-state index contributed by atoms with van der Waals surface area (Å²) in [5, 5.41) is 8.78. The van der Waals surface area contributed by atoms with Crippen LogP contribution in [0.5, 0.6) is 0 Å². The minimum absolute atomic E-state index is 0.205. The molecule has 2 rings (SSSR count). The number of hydrogen-bond acceptors (Lipinski definition) is 4. The zero-order chi connectivity index (χ0) is 14.5. The lowest BCUT2D eigenvalue weighted by molar-refractivity contribution is -0.137. The van der Waals surface area contributed by atoms with Crippen LogP contribution in [0.4, 0.5) is 5.82 Å². The van der Waals surface area contributed by atoms with Gasteiger partial charge in [0.25, 0.3) is 0 Å². The van der Waals surface area contributed by atoms with E-state index < -0.39 is 5.97 Å². The van der Waals surface area contributed by atoms with Crippen molar-refractivity contribution >= 4 is 11.8 Å². The molecule has 0 radical (unpaired) electrons. The van der Waals surface area contributed by atoms with Gasteiger partial charge in [-0.2, -0.15) is 0 Å². The highest BCUT2D eigenvalue weighted by Crippen LogP contribution is 2.28. The van der Waals surface area contributed by atoms with Crippen molar-refractivity contribution in [1.29, 1.82) is 0 Å². The third-order valence-corrected chi connectivity index (χ3v) is 3.79. The molecule has 5 nitrogen and oxygen atoms in total. The molecule has 0 amide bonds. The first kappa shape index (κ1) is 14.8. The standard InChI is InChI=1S/C15H23N3O2/c1-11(2)18(9-5-8-14(19)20)15-12-6-3-4-7-13(12)16-10-17-15/h10-11H,3-9H2,1-2H3,(H,19,20). The summed E-state index contributed by atoms with van der Waals surface area (Å²) >= 11 is 0. The van der Waals surface area contributed by atoms with Crippen LogP contribution in [0.3, 0.4) is 0 Å². The molecule has 0 aromatic carbocycles. The van der Waals surface area contributed by atoms with Crippen LogP contribution in [-0.2, 0) is 17.6 Å². The monoisotopic (exact) mass is 277 g/mol. The maximum Gasteiger partial charge on any atom is 0.303 e. The highest BCUT2D eigenvalue weighted by Gasteiger charge is 2.21. The second-order valence-corrected chi connectivity index (χ2v) is 5.61. The van der Waals surface area contributed by atoms with Crippen molar-refractivity contribution in [1.82, 2.24) is 9.97 Å². The number of fused-ring (bicyclic) bond motifs is 1. The molecule has 1 aromatic heterocycles. The van der Waals surface area contributed by atoms with Crippen LogP contribution in [0, 0.1) is 0 Å². The molecule has 0 bridgehead atoms. The van der Waals surface area contributed by atoms with Crippen LogP contribution in [0.15, 0.2) is 6.33 Å². The molecule has 0 aliphatic heterocycles. The van der Waals surface area contributed by atoms with E-state index in [0.717, 1.165) is 25.2 Å². The Morgan fingerprint density at radius 2 is 2.10 bits per heavy atom. The van der Waals surface area contributed by atoms with Crippen molar-refractivity contribution in [2.45, 2.75) is 58.4 Å². The summed E-state index contributed by atoms with van der Waals surface area (Å²) < 4.78 is 0. The summed E-state index contributed by atoms with van der Waals surface area (Å²) in [5.74, 6) is 0.272. The predicted octanol–water partition coefficient (Wildman–Crippen LogP) is 2.44. The molecule has 0 atom stereocenters. The molecule has 5 heteroatoms. The van der Waals surface area contributed by atoms with Crippen molar-refractivity contribution in [3.63, 3.8) is 0 Å². The molecule has 0 saturated heterocycles. The second-order valence-electron chi connectivity index (χ2n) is 5.61. The van der Waals surface area contributed by atoms with Crippen LogP contribution < -0.4 is 4.90 Å². The molecule has 0 spiro atoms. The summed E-state index contributed by atoms with van der Waals surface area (Å²) in [7, 11) is 0. The largest absolute Gasteiger partial charge is 0.481 e. The average molecular weight is 277 g/mol. The van der Waals surface area contributed by atoms with Gasteiger partial charge in [0.1, 0.15) is 12.1 Å². The Kier molecular flexibility index (Phi) is 4.93. The lowest BCUT2D eigenvalue weighted by Gasteiger charge is -2.31. The molecular formula is C15H23N3O2. The zero-order valence-corrected chi connectivity index (χ0v) is 12.3. The summed E-state index contributed by atoms with van der Waals surface area (Å²) in [4.78, 5) is 21.8. The van der Waals surface area contributed by atoms with Gasteiger partial charge in [-0.05, 0) is 46.0 Å². The van der Waals surface area contributed by atoms with Gasteiger partial charge in [0.2, 0.25) is 0 Å². The van der Waals surface area contributed by atoms with E-state index in [1.807, 2.05) is 0 Å². The van der Waals surface area contributed by atoms with Crippen LogP contribution in [0.2, 0.25) is 0 Å². The van der Waals surface area contributed by atoms with E-state index in [2.05, 4.69) is 28.7 Å². The highest BCUT2D eigenvalue weighted by molar-refractivity contribution is 5.66. The number of aromatic nitrogens is 2. The van der Waals surface area contributed by atoms with Gasteiger partial charge in [0.15, 0.2) is 0 Å². The molecule has 1 aromatic rings. The lowest BCUT2D eigenvalue weighted by Crippen LogP contribution is -2.34. The van der Waals surface area contributed by atoms with E-state index in [-0.39, 0.29) is 6.42 Å². The van der Waals surface area contributed by atoms with Gasteiger partial charge in [-0.1, -0.05) is 0 Å². The van der Waals surface area contributed by atoms with E-state index in [0.29, 0.717) is 12.5 Å². The predicted molar refractivity (Wildman–Crippen MR) is 78.0 cm³/mol. The first-order chi connectivity index (χ1) is 9.59. The molecule has 1 aliphatic rings. The molecule has 1 aliphatic carbocycles. The van der Waals surface area contributed by atoms with Crippen molar-refractivity contribution < 1.29 is 9.90 Å². The van der Waals surface area contributed by atoms with Crippen LogP contribution in [0.1, 0.15) is 50.8 Å². The van der Waals surface area contributed by atoms with E-state index in [1.54, 1.807) is 6.33 Å². The van der Waals surface area contributed by atoms with Gasteiger partial charge < -0.3 is 10.0 Å². The van der Waals surface area contributed by atoms with Crippen molar-refractivity contribution in [3.8, 4) is 0 Å². The van der Waals surface area contributed by atoms with Crippen molar-refractivity contribution in [2.75, 3.05) is 11.4 Å². The number of carboxylic acids is 1. The SMILES string of the molecule is CC(C)N(CCCC(=O)O)c1ncnc2c1CCCC2. The third-order valence-electron chi connectivity index (χ3n) is 3.79. The van der Waals surface area contributed by atoms with Crippen LogP contribution in [-0.4, -0.2) is 33.6 Å². The van der Waals surface area contributed by atoms with Gasteiger partial charge in [0.05, 0.1) is 0 Å². The summed E-state index contributed by atoms with van der Waals surface area (Å²) in [6, 6.07) is 0.310. The normalized spacial score (nSPS) is 14.2. The first-order valence-corrected chi connectivity index (χ1v) is 7.40. The van der Waals surface area contributed by atoms with E-state index in [4.69, 9.17) is 5.11 Å². The van der Waals surface area contributed by atoms with Crippen molar-refractivity contribution in [2.24, 2.45) is 0 Å². The minimum Gasteiger partial charge on any atom is -0.481 e. The van der Waals surface area contributed by atoms with Crippen LogP contribution >= 0.6 is 0 Å². The Morgan fingerprint density at radius 1 is 1.35 bits per heavy atom. The Hall–Kier alpha value is -1.65. The van der Waals surface area contributed by atoms with E-state index >= 15 is 0 Å². The Morgan fingerprint density at radius 3 is 2.80 bits per heavy atom. The zero-order valence-electron chi connectivity index (χ0n) is 12.3. The highest BCUT2D eigenvalue weighted by atomic mass is 16.4. The fraction of sp³-hybridized carbons (Fsp3) is 0.667. The number of aliphatic carboxylic acids is 1. The number of nitrogens with zero attached hydrogens (tertiary/aromatic N) is 3. The lowest BCUT2D eigenvalue weighted by atomic mass is 9.96. The smallest absolute Gasteiger partial charge is 0.303 e. The Balaban J connectivity index is 2.18. The van der Waals surface area contributed by atoms with Crippen LogP contribution in [0.25, 0.3) is 0 Å². The molecule has 0 fully saturated rings. The summed E-state index contributed by atoms with van der Waals surface area (Å²) in [5.41, 5.74) is 2.44. The number of rotatable bonds is 6. The number of aryl methyl sites for hydroxylation is 1. The Labute approximate surface area is 120 Å². The maximum absolute atomic E-state index is 10.7. The van der Waals surface area contributed by atoms with Gasteiger partial charge in [-0.15, -0.1) is 0 Å². The molecule has 110 valence electrons. The first-order valence-electron chi connectivity index (χ1n) is 7.40. The van der Waals surface area contributed by atoms with Gasteiger partial charge >= 0.3 is 5.97 Å². The number of hydrogen-bond donors (Lipinski definition) is 1. The minimum atomic E-state index is -0.738. The third kappa shape index (κ3) is 3.46. The van der Waals surface area contributed by atoms with Crippen molar-refractivity contribution in [3.05, 3.63) is 17.6 Å². The van der Waals surface area contributed by atoms with Gasteiger partial charge in [0, 0.05) is 30.3 Å². The molecule has 0 saturated carbocycles. The molecular weight excluding hydrogens is 254 g/mol. The van der Waals surface area contributed by atoms with Gasteiger partial charge in [-0.25, -0.2) is 9.97 Å². The second kappa shape index (κ2) is 6.68. The Bertz CT molecular complexity index is 474. The van der Waals surface area contributed by atoms with Gasteiger partial charge in [-0.3, -0.25) is 4.79 Å². The van der Waals surface area contributed by atoms with E-state index in [9.17, 15) is 4.79 Å². The number of carboxylic acid groups (broad SMARTS) is 1. The maximum atomic E-state index is 10.7.